The molecule has 0 amide bonds. The third-order valence-electron chi connectivity index (χ3n) is 5.50. The zero-order valence-electron chi connectivity index (χ0n) is 20.1. The molecule has 176 valence electrons. The van der Waals surface area contributed by atoms with Gasteiger partial charge in [-0.05, 0) is 38.5 Å². The summed E-state index contributed by atoms with van der Waals surface area (Å²) in [6.07, 6.45) is 16.0. The monoisotopic (exact) mass is 418 g/mol. The van der Waals surface area contributed by atoms with Crippen LogP contribution in [0.25, 0.3) is 0 Å². The molecule has 0 heterocycles. The fourth-order valence-corrected chi connectivity index (χ4v) is 3.55. The molecule has 0 saturated heterocycles. The molecule has 0 aromatic rings. The van der Waals surface area contributed by atoms with Crippen LogP contribution in [0, 0.1) is 5.92 Å². The Morgan fingerprint density at radius 1 is 0.552 bits per heavy atom. The van der Waals surface area contributed by atoms with E-state index in [0.717, 1.165) is 57.8 Å². The van der Waals surface area contributed by atoms with Gasteiger partial charge in [-0.15, -0.1) is 0 Å². The highest BCUT2D eigenvalue weighted by atomic mass is 19.1. The van der Waals surface area contributed by atoms with Gasteiger partial charge in [0.15, 0.2) is 0 Å². The van der Waals surface area contributed by atoms with Crippen molar-refractivity contribution in [3.8, 4) is 0 Å². The number of unbranched alkanes of at least 4 members (excludes halogenated alkanes) is 8. The zero-order chi connectivity index (χ0) is 21.6. The predicted molar refractivity (Wildman–Crippen MR) is 122 cm³/mol. The lowest BCUT2D eigenvalue weighted by Gasteiger charge is -2.40. The molecule has 0 aliphatic carbocycles. The maximum atomic E-state index is 13.1. The molecule has 1 atom stereocenters. The first kappa shape index (κ1) is 28.8. The summed E-state index contributed by atoms with van der Waals surface area (Å²) in [6.45, 7) is 10.4. The molecule has 1 unspecified atom stereocenters. The van der Waals surface area contributed by atoms with Crippen LogP contribution in [0.15, 0.2) is 0 Å². The summed E-state index contributed by atoms with van der Waals surface area (Å²) in [7, 11) is 0. The highest BCUT2D eigenvalue weighted by molar-refractivity contribution is 4.74. The van der Waals surface area contributed by atoms with Crippen molar-refractivity contribution in [2.75, 3.05) is 26.5 Å². The molecule has 0 aromatic heterocycles. The molecule has 0 radical (unpaired) electrons. The van der Waals surface area contributed by atoms with Crippen LogP contribution in [-0.4, -0.2) is 32.5 Å². The Labute approximate surface area is 181 Å². The van der Waals surface area contributed by atoms with Gasteiger partial charge in [0.2, 0.25) is 0 Å². The first-order valence-electron chi connectivity index (χ1n) is 12.7. The van der Waals surface area contributed by atoms with E-state index in [-0.39, 0.29) is 12.6 Å². The van der Waals surface area contributed by atoms with Gasteiger partial charge < -0.3 is 14.2 Å². The fourth-order valence-electron chi connectivity index (χ4n) is 3.55. The predicted octanol–water partition coefficient (Wildman–Crippen LogP) is 8.21. The lowest BCUT2D eigenvalue weighted by atomic mass is 9.93. The van der Waals surface area contributed by atoms with Crippen LogP contribution in [0.2, 0.25) is 0 Å². The minimum Gasteiger partial charge on any atom is -0.327 e. The first-order valence-corrected chi connectivity index (χ1v) is 12.7. The van der Waals surface area contributed by atoms with Crippen molar-refractivity contribution >= 4 is 0 Å². The fraction of sp³-hybridized carbons (Fsp3) is 1.00. The Morgan fingerprint density at radius 2 is 0.966 bits per heavy atom. The molecular formula is C25H51FO3. The Kier molecular flexibility index (Phi) is 20.9. The molecule has 0 rings (SSSR count). The molecule has 0 aromatic carbocycles. The number of alkyl halides is 1. The number of ether oxygens (including phenoxy) is 3. The van der Waals surface area contributed by atoms with E-state index in [4.69, 9.17) is 14.2 Å². The van der Waals surface area contributed by atoms with Gasteiger partial charge in [0.05, 0.1) is 26.5 Å². The number of rotatable bonds is 23. The Morgan fingerprint density at radius 3 is 1.41 bits per heavy atom. The second kappa shape index (κ2) is 21.1. The van der Waals surface area contributed by atoms with Gasteiger partial charge in [-0.3, -0.25) is 4.39 Å². The van der Waals surface area contributed by atoms with Crippen molar-refractivity contribution in [2.24, 2.45) is 5.92 Å². The van der Waals surface area contributed by atoms with Crippen LogP contribution in [0.3, 0.4) is 0 Å². The van der Waals surface area contributed by atoms with E-state index in [0.29, 0.717) is 26.2 Å². The largest absolute Gasteiger partial charge is 0.327 e. The van der Waals surface area contributed by atoms with Gasteiger partial charge in [0, 0.05) is 5.92 Å². The van der Waals surface area contributed by atoms with E-state index >= 15 is 0 Å². The average molecular weight is 419 g/mol. The van der Waals surface area contributed by atoms with Crippen molar-refractivity contribution in [3.05, 3.63) is 0 Å². The first-order chi connectivity index (χ1) is 14.2. The Hall–Kier alpha value is -0.190. The van der Waals surface area contributed by atoms with Crippen molar-refractivity contribution in [3.63, 3.8) is 0 Å². The van der Waals surface area contributed by atoms with E-state index in [1.165, 1.54) is 32.1 Å². The highest BCUT2D eigenvalue weighted by Gasteiger charge is 2.42. The SMILES string of the molecule is CCCCCCCCC(CCCF)C(OCCCC)(OCCCC)OCCCC. The van der Waals surface area contributed by atoms with Crippen molar-refractivity contribution < 1.29 is 18.6 Å². The maximum Gasteiger partial charge on any atom is 0.285 e. The molecule has 0 N–H and O–H groups in total. The number of hydrogen-bond acceptors (Lipinski definition) is 3. The van der Waals surface area contributed by atoms with Gasteiger partial charge in [-0.2, -0.15) is 0 Å². The summed E-state index contributed by atoms with van der Waals surface area (Å²) in [5.41, 5.74) is 0. The summed E-state index contributed by atoms with van der Waals surface area (Å²) in [5.74, 6) is -0.909. The smallest absolute Gasteiger partial charge is 0.285 e. The zero-order valence-corrected chi connectivity index (χ0v) is 20.1. The van der Waals surface area contributed by atoms with Crippen LogP contribution in [0.1, 0.15) is 124 Å². The molecule has 0 fully saturated rings. The van der Waals surface area contributed by atoms with Gasteiger partial charge in [-0.25, -0.2) is 0 Å². The van der Waals surface area contributed by atoms with E-state index in [9.17, 15) is 4.39 Å². The summed E-state index contributed by atoms with van der Waals surface area (Å²) < 4.78 is 32.1. The van der Waals surface area contributed by atoms with Gasteiger partial charge in [-0.1, -0.05) is 85.5 Å². The molecule has 29 heavy (non-hydrogen) atoms. The number of halogens is 1. The minimum atomic E-state index is -1.00. The van der Waals surface area contributed by atoms with Gasteiger partial charge >= 0.3 is 0 Å². The van der Waals surface area contributed by atoms with Crippen LogP contribution >= 0.6 is 0 Å². The van der Waals surface area contributed by atoms with E-state index in [2.05, 4.69) is 27.7 Å². The molecule has 0 saturated carbocycles. The van der Waals surface area contributed by atoms with Crippen molar-refractivity contribution in [1.29, 1.82) is 0 Å². The molecule has 0 bridgehead atoms. The normalized spacial score (nSPS) is 13.1. The average Bonchev–Trinajstić information content (AvgIpc) is 2.73. The van der Waals surface area contributed by atoms with Crippen molar-refractivity contribution in [1.82, 2.24) is 0 Å². The molecule has 4 heteroatoms. The highest BCUT2D eigenvalue weighted by Crippen LogP contribution is 2.35. The third-order valence-corrected chi connectivity index (χ3v) is 5.50. The maximum absolute atomic E-state index is 13.1. The van der Waals surface area contributed by atoms with Gasteiger partial charge in [0.1, 0.15) is 0 Å². The van der Waals surface area contributed by atoms with Crippen LogP contribution < -0.4 is 0 Å². The van der Waals surface area contributed by atoms with E-state index < -0.39 is 5.97 Å². The molecule has 0 aliphatic rings. The van der Waals surface area contributed by atoms with Crippen LogP contribution in [0.4, 0.5) is 4.39 Å². The lowest BCUT2D eigenvalue weighted by Crippen LogP contribution is -2.47. The Bertz CT molecular complexity index is 299. The van der Waals surface area contributed by atoms with Crippen molar-refractivity contribution in [2.45, 2.75) is 130 Å². The summed E-state index contributed by atoms with van der Waals surface area (Å²) in [4.78, 5) is 0. The summed E-state index contributed by atoms with van der Waals surface area (Å²) >= 11 is 0. The molecule has 0 spiro atoms. The van der Waals surface area contributed by atoms with E-state index in [1.54, 1.807) is 0 Å². The number of hydrogen-bond donors (Lipinski definition) is 0. The minimum absolute atomic E-state index is 0.0926. The van der Waals surface area contributed by atoms with E-state index in [1.807, 2.05) is 0 Å². The third kappa shape index (κ3) is 14.4. The topological polar surface area (TPSA) is 27.7 Å². The second-order valence-electron chi connectivity index (χ2n) is 8.29. The van der Waals surface area contributed by atoms with Crippen LogP contribution in [0.5, 0.6) is 0 Å². The summed E-state index contributed by atoms with van der Waals surface area (Å²) in [5, 5.41) is 0. The summed E-state index contributed by atoms with van der Waals surface area (Å²) in [6, 6.07) is 0. The molecule has 3 nitrogen and oxygen atoms in total. The Balaban J connectivity index is 5.18. The lowest BCUT2D eigenvalue weighted by molar-refractivity contribution is -0.407. The second-order valence-corrected chi connectivity index (χ2v) is 8.29. The quantitative estimate of drug-likeness (QED) is 0.124. The molecule has 0 aliphatic heterocycles. The van der Waals surface area contributed by atoms with Gasteiger partial charge in [0.25, 0.3) is 5.97 Å². The standard InChI is InChI=1S/C25H51FO3/c1-5-9-13-14-15-16-18-24(19-17-20-26)25(27-21-10-6-2,28-22-11-7-3)29-23-12-8-4/h24H,5-23H2,1-4H3. The molecular weight excluding hydrogens is 367 g/mol. The van der Waals surface area contributed by atoms with Crippen LogP contribution in [-0.2, 0) is 14.2 Å².